The van der Waals surface area contributed by atoms with Gasteiger partial charge in [-0.05, 0) is 53.2 Å². The molecule has 1 amide bonds. The number of nitrogens with two attached hydrogens (primary N) is 1. The van der Waals surface area contributed by atoms with Crippen molar-refractivity contribution in [2.24, 2.45) is 0 Å². The number of amides is 1. The maximum atomic E-state index is 12.2. The molecule has 0 atom stereocenters. The highest BCUT2D eigenvalue weighted by atomic mass is 16.5. The van der Waals surface area contributed by atoms with E-state index >= 15 is 0 Å². The molecule has 1 aliphatic rings. The Hall–Kier alpha value is -1.55. The Balaban J connectivity index is 1.89. The molecule has 0 radical (unpaired) electrons. The van der Waals surface area contributed by atoms with Crippen LogP contribution in [0.4, 0.5) is 0 Å². The summed E-state index contributed by atoms with van der Waals surface area (Å²) in [4.78, 5) is 12.2. The molecule has 1 fully saturated rings. The van der Waals surface area contributed by atoms with Crippen molar-refractivity contribution in [3.63, 3.8) is 0 Å². The first-order valence-electron chi connectivity index (χ1n) is 8.43. The summed E-state index contributed by atoms with van der Waals surface area (Å²) in [6, 6.07) is 6.21. The largest absolute Gasteiger partial charge is 0.484 e. The minimum atomic E-state index is -0.0384. The number of nitrogens with one attached hydrogen (secondary N) is 1. The molecule has 4 heteroatoms. The van der Waals surface area contributed by atoms with Crippen LogP contribution in [0, 0.1) is 13.8 Å². The third-order valence-electron chi connectivity index (χ3n) is 4.38. The zero-order valence-electron chi connectivity index (χ0n) is 15.3. The third-order valence-corrected chi connectivity index (χ3v) is 4.38. The molecule has 1 aromatic carbocycles. The Bertz CT molecular complexity index is 563. The highest BCUT2D eigenvalue weighted by Crippen LogP contribution is 2.22. The van der Waals surface area contributed by atoms with Gasteiger partial charge in [0.1, 0.15) is 5.75 Å². The fraction of sp³-hybridized carbons (Fsp3) is 0.632. The molecule has 0 saturated carbocycles. The van der Waals surface area contributed by atoms with E-state index in [1.165, 1.54) is 5.56 Å². The topological polar surface area (TPSA) is 54.9 Å². The van der Waals surface area contributed by atoms with Gasteiger partial charge in [-0.3, -0.25) is 4.79 Å². The summed E-state index contributed by atoms with van der Waals surface area (Å²) in [7, 11) is 0. The second kappa shape index (κ2) is 6.52. The summed E-state index contributed by atoms with van der Waals surface area (Å²) in [5.41, 5.74) is 2.55. The highest BCUT2D eigenvalue weighted by molar-refractivity contribution is 5.77. The number of hydrogen-bond donors (Lipinski definition) is 2. The zero-order valence-corrected chi connectivity index (χ0v) is 15.3. The molecular weight excluding hydrogens is 288 g/mol. The van der Waals surface area contributed by atoms with Gasteiger partial charge in [-0.1, -0.05) is 17.7 Å². The average Bonchev–Trinajstić information content (AvgIpc) is 2.33. The van der Waals surface area contributed by atoms with E-state index in [-0.39, 0.29) is 29.6 Å². The monoisotopic (exact) mass is 319 g/mol. The van der Waals surface area contributed by atoms with Gasteiger partial charge >= 0.3 is 0 Å². The first-order chi connectivity index (χ1) is 10.6. The van der Waals surface area contributed by atoms with Gasteiger partial charge in [-0.25, -0.2) is 0 Å². The number of carbonyl (C=O) groups excluding carboxylic acids is 1. The van der Waals surface area contributed by atoms with Gasteiger partial charge in [0.25, 0.3) is 5.91 Å². The molecule has 1 aliphatic heterocycles. The van der Waals surface area contributed by atoms with Crippen molar-refractivity contribution < 1.29 is 14.8 Å². The normalized spacial score (nSPS) is 20.1. The zero-order chi connectivity index (χ0) is 17.3. The molecule has 3 N–H and O–H groups in total. The van der Waals surface area contributed by atoms with Crippen molar-refractivity contribution in [1.82, 2.24) is 5.32 Å². The van der Waals surface area contributed by atoms with Crippen molar-refractivity contribution in [2.75, 3.05) is 6.61 Å². The highest BCUT2D eigenvalue weighted by Gasteiger charge is 2.42. The molecule has 1 saturated heterocycles. The van der Waals surface area contributed by atoms with E-state index < -0.39 is 0 Å². The van der Waals surface area contributed by atoms with Crippen LogP contribution in [0.15, 0.2) is 18.2 Å². The number of quaternary nitrogens is 1. The van der Waals surface area contributed by atoms with Gasteiger partial charge in [0.15, 0.2) is 6.61 Å². The van der Waals surface area contributed by atoms with Crippen LogP contribution in [-0.4, -0.2) is 29.6 Å². The maximum Gasteiger partial charge on any atom is 0.258 e. The molecule has 0 unspecified atom stereocenters. The number of hydrogen-bond acceptors (Lipinski definition) is 2. The number of ether oxygens (including phenoxy) is 1. The van der Waals surface area contributed by atoms with Crippen molar-refractivity contribution >= 4 is 5.91 Å². The smallest absolute Gasteiger partial charge is 0.258 e. The third kappa shape index (κ3) is 5.24. The van der Waals surface area contributed by atoms with Crippen molar-refractivity contribution in [1.29, 1.82) is 0 Å². The summed E-state index contributed by atoms with van der Waals surface area (Å²) < 4.78 is 5.68. The van der Waals surface area contributed by atoms with Crippen LogP contribution in [0.3, 0.4) is 0 Å². The molecule has 2 rings (SSSR count). The van der Waals surface area contributed by atoms with E-state index in [2.05, 4.69) is 44.4 Å². The fourth-order valence-electron chi connectivity index (χ4n) is 3.99. The lowest BCUT2D eigenvalue weighted by molar-refractivity contribution is -0.787. The van der Waals surface area contributed by atoms with Crippen molar-refractivity contribution in [3.8, 4) is 5.75 Å². The van der Waals surface area contributed by atoms with Crippen LogP contribution < -0.4 is 15.4 Å². The Kier molecular flexibility index (Phi) is 5.04. The molecule has 0 bridgehead atoms. The molecule has 1 aromatic rings. The summed E-state index contributed by atoms with van der Waals surface area (Å²) in [6.45, 7) is 13.1. The number of aryl methyl sites for hydroxylation is 2. The van der Waals surface area contributed by atoms with Gasteiger partial charge in [0.2, 0.25) is 0 Å². The SMILES string of the molecule is Cc1ccc(OCC(=O)NC2CC(C)(C)[NH2+]C(C)(C)C2)c(C)c1. The quantitative estimate of drug-likeness (QED) is 0.893. The fourth-order valence-corrected chi connectivity index (χ4v) is 3.99. The summed E-state index contributed by atoms with van der Waals surface area (Å²) in [6.07, 6.45) is 1.96. The van der Waals surface area contributed by atoms with E-state index in [9.17, 15) is 4.79 Å². The lowest BCUT2D eigenvalue weighted by Crippen LogP contribution is -3.06. The van der Waals surface area contributed by atoms with Crippen LogP contribution in [0.1, 0.15) is 51.7 Å². The maximum absolute atomic E-state index is 12.2. The molecule has 0 spiro atoms. The molecule has 1 heterocycles. The van der Waals surface area contributed by atoms with E-state index in [0.717, 1.165) is 24.2 Å². The molecule has 23 heavy (non-hydrogen) atoms. The Labute approximate surface area is 140 Å². The van der Waals surface area contributed by atoms with E-state index in [1.807, 2.05) is 26.0 Å². The van der Waals surface area contributed by atoms with Crippen LogP contribution in [0.5, 0.6) is 5.75 Å². The number of carbonyl (C=O) groups is 1. The van der Waals surface area contributed by atoms with Crippen LogP contribution in [0.2, 0.25) is 0 Å². The van der Waals surface area contributed by atoms with E-state index in [0.29, 0.717) is 0 Å². The molecular formula is C19H31N2O2+. The van der Waals surface area contributed by atoms with Crippen LogP contribution in [-0.2, 0) is 4.79 Å². The number of benzene rings is 1. The summed E-state index contributed by atoms with van der Waals surface area (Å²) >= 11 is 0. The Morgan fingerprint density at radius 2 is 1.83 bits per heavy atom. The second-order valence-electron chi connectivity index (χ2n) is 8.35. The van der Waals surface area contributed by atoms with Gasteiger partial charge < -0.3 is 15.4 Å². The lowest BCUT2D eigenvalue weighted by atomic mass is 9.79. The standard InChI is InChI=1S/C19H30N2O2/c1-13-7-8-16(14(2)9-13)23-12-17(22)20-15-10-18(3,4)21-19(5,6)11-15/h7-9,15,21H,10-12H2,1-6H3,(H,20,22)/p+1. The number of piperidine rings is 1. The molecule has 4 nitrogen and oxygen atoms in total. The van der Waals surface area contributed by atoms with Crippen LogP contribution >= 0.6 is 0 Å². The average molecular weight is 319 g/mol. The first kappa shape index (κ1) is 17.8. The van der Waals surface area contributed by atoms with E-state index in [1.54, 1.807) is 0 Å². The Morgan fingerprint density at radius 3 is 2.39 bits per heavy atom. The summed E-state index contributed by atoms with van der Waals surface area (Å²) in [5, 5.41) is 5.56. The van der Waals surface area contributed by atoms with Gasteiger partial charge in [-0.15, -0.1) is 0 Å². The molecule has 0 aliphatic carbocycles. The predicted octanol–water partition coefficient (Wildman–Crippen LogP) is 2.08. The minimum absolute atomic E-state index is 0.0384. The van der Waals surface area contributed by atoms with Crippen LogP contribution in [0.25, 0.3) is 0 Å². The van der Waals surface area contributed by atoms with Crippen molar-refractivity contribution in [3.05, 3.63) is 29.3 Å². The van der Waals surface area contributed by atoms with Gasteiger partial charge in [-0.2, -0.15) is 0 Å². The van der Waals surface area contributed by atoms with Crippen molar-refractivity contribution in [2.45, 2.75) is 71.5 Å². The second-order valence-corrected chi connectivity index (χ2v) is 8.35. The molecule has 0 aromatic heterocycles. The molecule has 128 valence electrons. The Morgan fingerprint density at radius 1 is 1.22 bits per heavy atom. The predicted molar refractivity (Wildman–Crippen MR) is 92.7 cm³/mol. The van der Waals surface area contributed by atoms with Gasteiger partial charge in [0.05, 0.1) is 11.1 Å². The lowest BCUT2D eigenvalue weighted by Gasteiger charge is -2.43. The number of rotatable bonds is 4. The minimum Gasteiger partial charge on any atom is -0.484 e. The summed E-state index contributed by atoms with van der Waals surface area (Å²) in [5.74, 6) is 0.742. The van der Waals surface area contributed by atoms with E-state index in [4.69, 9.17) is 4.74 Å². The first-order valence-corrected chi connectivity index (χ1v) is 8.43. The van der Waals surface area contributed by atoms with Gasteiger partial charge in [0, 0.05) is 18.9 Å².